The number of nitrogens with one attached hydrogen (secondary N) is 2. The number of anilines is 2. The first-order valence-corrected chi connectivity index (χ1v) is 12.9. The Morgan fingerprint density at radius 1 is 1.00 bits per heavy atom. The van der Waals surface area contributed by atoms with E-state index in [2.05, 4.69) is 25.7 Å². The van der Waals surface area contributed by atoms with Crippen LogP contribution in [0.15, 0.2) is 84.1 Å². The van der Waals surface area contributed by atoms with Crippen molar-refractivity contribution in [3.05, 3.63) is 107 Å². The van der Waals surface area contributed by atoms with Crippen molar-refractivity contribution in [2.24, 2.45) is 4.99 Å². The molecule has 0 radical (unpaired) electrons. The normalized spacial score (nSPS) is 13.8. The monoisotopic (exact) mass is 610 g/mol. The molecule has 0 saturated carbocycles. The zero-order valence-electron chi connectivity index (χ0n) is 22.6. The highest BCUT2D eigenvalue weighted by molar-refractivity contribution is 6.27. The summed E-state index contributed by atoms with van der Waals surface area (Å²) in [4.78, 5) is 20.8. The predicted octanol–water partition coefficient (Wildman–Crippen LogP) is 7.09. The number of hydrogen-bond donors (Lipinski definition) is 2. The van der Waals surface area contributed by atoms with Gasteiger partial charge in [-0.25, -0.2) is 4.68 Å². The molecule has 0 bridgehead atoms. The van der Waals surface area contributed by atoms with Gasteiger partial charge < -0.3 is 15.4 Å². The molecule has 3 heterocycles. The number of aliphatic imine (C=N–C) groups is 1. The molecule has 224 valence electrons. The SMILES string of the molecule is COc1ccc(CN=C2Nc3ccc(-n4ncc(C(=O)Nc5ccnc(C(F)(F)F)c5)c4C(F)(F)F)c4cccc2c34)cc1. The lowest BCUT2D eigenvalue weighted by molar-refractivity contribution is -0.143. The summed E-state index contributed by atoms with van der Waals surface area (Å²) in [5.41, 5.74) is -1.69. The summed E-state index contributed by atoms with van der Waals surface area (Å²) in [6.45, 7) is 0.335. The van der Waals surface area contributed by atoms with Crippen molar-refractivity contribution in [2.45, 2.75) is 18.9 Å². The molecule has 0 unspecified atom stereocenters. The fourth-order valence-corrected chi connectivity index (χ4v) is 4.93. The van der Waals surface area contributed by atoms with E-state index in [1.54, 1.807) is 31.4 Å². The van der Waals surface area contributed by atoms with Crippen molar-refractivity contribution in [1.82, 2.24) is 14.8 Å². The molecule has 0 aliphatic carbocycles. The topological polar surface area (TPSA) is 93.4 Å². The van der Waals surface area contributed by atoms with Gasteiger partial charge in [0, 0.05) is 33.9 Å². The number of carbonyl (C=O) groups excluding carboxylic acids is 1. The average Bonchev–Trinajstić information content (AvgIpc) is 3.60. The number of aromatic nitrogens is 3. The first-order valence-electron chi connectivity index (χ1n) is 12.9. The van der Waals surface area contributed by atoms with E-state index >= 15 is 0 Å². The molecule has 3 aromatic carbocycles. The number of rotatable bonds is 6. The molecular weight excluding hydrogens is 590 g/mol. The minimum atomic E-state index is -5.05. The highest BCUT2D eigenvalue weighted by Gasteiger charge is 2.41. The van der Waals surface area contributed by atoms with Crippen LogP contribution in [0.5, 0.6) is 5.75 Å². The Hall–Kier alpha value is -5.40. The van der Waals surface area contributed by atoms with E-state index in [-0.39, 0.29) is 11.4 Å². The molecule has 2 N–H and O–H groups in total. The Balaban J connectivity index is 1.37. The number of benzene rings is 3. The molecule has 1 aliphatic heterocycles. The van der Waals surface area contributed by atoms with E-state index in [9.17, 15) is 31.1 Å². The molecule has 8 nitrogen and oxygen atoms in total. The quantitative estimate of drug-likeness (QED) is 0.200. The second-order valence-electron chi connectivity index (χ2n) is 9.70. The van der Waals surface area contributed by atoms with Crippen molar-refractivity contribution in [2.75, 3.05) is 17.7 Å². The van der Waals surface area contributed by atoms with E-state index in [1.165, 1.54) is 6.07 Å². The Kier molecular flexibility index (Phi) is 6.98. The van der Waals surface area contributed by atoms with Crippen molar-refractivity contribution < 1.29 is 35.9 Å². The number of alkyl halides is 6. The maximum absolute atomic E-state index is 14.5. The van der Waals surface area contributed by atoms with Crippen LogP contribution in [-0.2, 0) is 18.9 Å². The lowest BCUT2D eigenvalue weighted by atomic mass is 10.0. The van der Waals surface area contributed by atoms with E-state index in [4.69, 9.17) is 4.74 Å². The predicted molar refractivity (Wildman–Crippen MR) is 150 cm³/mol. The fourth-order valence-electron chi connectivity index (χ4n) is 4.93. The third kappa shape index (κ3) is 5.29. The number of nitrogens with zero attached hydrogens (tertiary/aromatic N) is 4. The summed E-state index contributed by atoms with van der Waals surface area (Å²) in [6.07, 6.45) is -8.34. The van der Waals surface area contributed by atoms with Crippen LogP contribution in [0.1, 0.15) is 32.9 Å². The largest absolute Gasteiger partial charge is 0.497 e. The van der Waals surface area contributed by atoms with Gasteiger partial charge in [-0.05, 0) is 42.0 Å². The number of halogens is 6. The van der Waals surface area contributed by atoms with Gasteiger partial charge in [0.2, 0.25) is 0 Å². The molecule has 1 amide bonds. The summed E-state index contributed by atoms with van der Waals surface area (Å²) < 4.78 is 88.3. The standard InChI is InChI=1S/C30H20F6N6O2/c1-44-18-7-5-16(6-8-18)14-38-27-20-4-2-3-19-23(10-9-22(41-27)25(19)20)42-26(30(34,35)36)21(15-39-42)28(43)40-17-11-12-37-24(13-17)29(31,32)33/h2-13,15H,14H2,1H3,(H,38,41)(H,37,40,43). The summed E-state index contributed by atoms with van der Waals surface area (Å²) >= 11 is 0. The van der Waals surface area contributed by atoms with Crippen LogP contribution < -0.4 is 15.4 Å². The lowest BCUT2D eigenvalue weighted by Crippen LogP contribution is -2.21. The van der Waals surface area contributed by atoms with Gasteiger partial charge in [0.05, 0.1) is 31.1 Å². The summed E-state index contributed by atoms with van der Waals surface area (Å²) in [5, 5.41) is 10.2. The molecule has 2 aromatic heterocycles. The third-order valence-corrected chi connectivity index (χ3v) is 6.92. The van der Waals surface area contributed by atoms with Gasteiger partial charge in [-0.3, -0.25) is 14.8 Å². The molecule has 0 atom stereocenters. The van der Waals surface area contributed by atoms with Crippen LogP contribution in [0.25, 0.3) is 16.5 Å². The number of carbonyl (C=O) groups is 1. The Bertz CT molecular complexity index is 1930. The van der Waals surface area contributed by atoms with Gasteiger partial charge in [0.25, 0.3) is 5.91 Å². The number of amidine groups is 1. The Morgan fingerprint density at radius 2 is 1.77 bits per heavy atom. The van der Waals surface area contributed by atoms with Crippen LogP contribution in [0.3, 0.4) is 0 Å². The molecule has 5 aromatic rings. The fraction of sp³-hybridized carbons (Fsp3) is 0.133. The molecular formula is C30H20F6N6O2. The number of hydrogen-bond acceptors (Lipinski definition) is 5. The van der Waals surface area contributed by atoms with Crippen molar-refractivity contribution in [1.29, 1.82) is 0 Å². The Morgan fingerprint density at radius 3 is 2.48 bits per heavy atom. The number of pyridine rings is 1. The van der Waals surface area contributed by atoms with Crippen LogP contribution in [0, 0.1) is 0 Å². The molecule has 14 heteroatoms. The molecule has 0 spiro atoms. The zero-order chi connectivity index (χ0) is 31.2. The van der Waals surface area contributed by atoms with E-state index in [0.717, 1.165) is 24.0 Å². The van der Waals surface area contributed by atoms with Crippen LogP contribution in [0.4, 0.5) is 37.7 Å². The summed E-state index contributed by atoms with van der Waals surface area (Å²) in [7, 11) is 1.57. The third-order valence-electron chi connectivity index (χ3n) is 6.92. The maximum atomic E-state index is 14.5. The highest BCUT2D eigenvalue weighted by atomic mass is 19.4. The average molecular weight is 611 g/mol. The van der Waals surface area contributed by atoms with Gasteiger partial charge in [-0.1, -0.05) is 30.3 Å². The van der Waals surface area contributed by atoms with Gasteiger partial charge in [-0.15, -0.1) is 0 Å². The smallest absolute Gasteiger partial charge is 0.434 e. The van der Waals surface area contributed by atoms with E-state index < -0.39 is 35.2 Å². The second kappa shape index (κ2) is 10.7. The van der Waals surface area contributed by atoms with Crippen LogP contribution in [0.2, 0.25) is 0 Å². The second-order valence-corrected chi connectivity index (χ2v) is 9.70. The summed E-state index contributed by atoms with van der Waals surface area (Å²) in [5.74, 6) is -0.0512. The van der Waals surface area contributed by atoms with Gasteiger partial charge in [0.1, 0.15) is 17.3 Å². The Labute approximate surface area is 245 Å². The van der Waals surface area contributed by atoms with Gasteiger partial charge in [-0.2, -0.15) is 31.4 Å². The van der Waals surface area contributed by atoms with E-state index in [0.29, 0.717) is 50.9 Å². The summed E-state index contributed by atoms with van der Waals surface area (Å²) in [6, 6.07) is 17.1. The van der Waals surface area contributed by atoms with Crippen LogP contribution >= 0.6 is 0 Å². The maximum Gasteiger partial charge on any atom is 0.434 e. The highest BCUT2D eigenvalue weighted by Crippen LogP contribution is 2.40. The molecule has 1 aliphatic rings. The molecule has 44 heavy (non-hydrogen) atoms. The van der Waals surface area contributed by atoms with Crippen LogP contribution in [-0.4, -0.2) is 33.6 Å². The van der Waals surface area contributed by atoms with Gasteiger partial charge in [0.15, 0.2) is 5.69 Å². The molecule has 0 fully saturated rings. The number of ether oxygens (including phenoxy) is 1. The lowest BCUT2D eigenvalue weighted by Gasteiger charge is -2.15. The minimum absolute atomic E-state index is 0.0402. The van der Waals surface area contributed by atoms with E-state index in [1.807, 2.05) is 24.3 Å². The van der Waals surface area contributed by atoms with Crippen molar-refractivity contribution >= 4 is 33.9 Å². The van der Waals surface area contributed by atoms with Crippen molar-refractivity contribution in [3.63, 3.8) is 0 Å². The van der Waals surface area contributed by atoms with Crippen molar-refractivity contribution in [3.8, 4) is 11.4 Å². The van der Waals surface area contributed by atoms with Gasteiger partial charge >= 0.3 is 12.4 Å². The first-order chi connectivity index (χ1) is 20.9. The zero-order valence-corrected chi connectivity index (χ0v) is 22.6. The number of amides is 1. The minimum Gasteiger partial charge on any atom is -0.497 e. The molecule has 0 saturated heterocycles. The number of methoxy groups -OCH3 is 1. The first kappa shape index (κ1) is 28.7. The molecule has 6 rings (SSSR count).